The second-order valence-corrected chi connectivity index (χ2v) is 8.35. The van der Waals surface area contributed by atoms with Crippen molar-refractivity contribution in [3.05, 3.63) is 39.9 Å². The molecule has 5 nitrogen and oxygen atoms in total. The molecule has 0 aliphatic heterocycles. The lowest BCUT2D eigenvalue weighted by Crippen LogP contribution is -2.22. The first kappa shape index (κ1) is 19.3. The van der Waals surface area contributed by atoms with Gasteiger partial charge in [0.25, 0.3) is 0 Å². The van der Waals surface area contributed by atoms with E-state index in [1.807, 2.05) is 0 Å². The quantitative estimate of drug-likeness (QED) is 0.472. The molecule has 128 valence electrons. The molecular formula is C14H13Cl3N4OS2. The summed E-state index contributed by atoms with van der Waals surface area (Å²) >= 11 is 20.7. The number of amides is 1. The largest absolute Gasteiger partial charge is 0.357 e. The van der Waals surface area contributed by atoms with Gasteiger partial charge in [0.15, 0.2) is 4.34 Å². The molecule has 24 heavy (non-hydrogen) atoms. The molecule has 0 saturated heterocycles. The normalized spacial score (nSPS) is 11.8. The Balaban J connectivity index is 2.00. The van der Waals surface area contributed by atoms with Gasteiger partial charge >= 0.3 is 0 Å². The van der Waals surface area contributed by atoms with Crippen LogP contribution < -0.4 is 10.6 Å². The second kappa shape index (κ2) is 8.92. The van der Waals surface area contributed by atoms with Crippen molar-refractivity contribution in [1.82, 2.24) is 10.2 Å². The molecule has 2 aromatic rings. The molecule has 10 heteroatoms. The van der Waals surface area contributed by atoms with Gasteiger partial charge in [0.2, 0.25) is 11.0 Å². The van der Waals surface area contributed by atoms with Gasteiger partial charge in [-0.1, -0.05) is 64.0 Å². The number of hydrogen-bond donors (Lipinski definition) is 2. The Morgan fingerprint density at radius 3 is 2.67 bits per heavy atom. The van der Waals surface area contributed by atoms with E-state index in [4.69, 9.17) is 34.8 Å². The molecule has 1 unspecified atom stereocenters. The Morgan fingerprint density at radius 1 is 1.38 bits per heavy atom. The third-order valence-electron chi connectivity index (χ3n) is 2.71. The average molecular weight is 424 g/mol. The number of aromatic nitrogens is 2. The molecule has 0 spiro atoms. The predicted molar refractivity (Wildman–Crippen MR) is 104 cm³/mol. The Hall–Kier alpha value is -0.990. The molecule has 2 rings (SSSR count). The molecule has 0 saturated carbocycles. The number of halogens is 3. The van der Waals surface area contributed by atoms with E-state index in [-0.39, 0.29) is 16.0 Å². The van der Waals surface area contributed by atoms with Gasteiger partial charge in [0.05, 0.1) is 21.0 Å². The van der Waals surface area contributed by atoms with E-state index in [1.54, 1.807) is 13.0 Å². The Morgan fingerprint density at radius 2 is 2.04 bits per heavy atom. The summed E-state index contributed by atoms with van der Waals surface area (Å²) in [7, 11) is 0. The predicted octanol–water partition coefficient (Wildman–Crippen LogP) is 5.22. The highest BCUT2D eigenvalue weighted by Gasteiger charge is 2.19. The van der Waals surface area contributed by atoms with E-state index in [2.05, 4.69) is 27.4 Å². The van der Waals surface area contributed by atoms with Gasteiger partial charge in [-0.2, -0.15) is 0 Å². The number of thioether (sulfide) groups is 1. The molecule has 1 heterocycles. The average Bonchev–Trinajstić information content (AvgIpc) is 2.95. The highest BCUT2D eigenvalue weighted by molar-refractivity contribution is 8.02. The van der Waals surface area contributed by atoms with Crippen LogP contribution in [0.5, 0.6) is 0 Å². The topological polar surface area (TPSA) is 66.9 Å². The van der Waals surface area contributed by atoms with Crippen LogP contribution in [0.3, 0.4) is 0 Å². The lowest BCUT2D eigenvalue weighted by Gasteiger charge is -2.13. The minimum atomic E-state index is -0.409. The van der Waals surface area contributed by atoms with Crippen LogP contribution >= 0.6 is 57.9 Å². The van der Waals surface area contributed by atoms with Crippen molar-refractivity contribution in [2.75, 3.05) is 17.2 Å². The maximum atomic E-state index is 12.3. The fourth-order valence-electron chi connectivity index (χ4n) is 1.58. The van der Waals surface area contributed by atoms with Gasteiger partial charge in [0.1, 0.15) is 0 Å². The lowest BCUT2D eigenvalue weighted by molar-refractivity contribution is -0.115. The highest BCUT2D eigenvalue weighted by atomic mass is 35.5. The van der Waals surface area contributed by atoms with Crippen LogP contribution in [0.15, 0.2) is 29.1 Å². The summed E-state index contributed by atoms with van der Waals surface area (Å²) in [4.78, 5) is 12.3. The second-order valence-electron chi connectivity index (χ2n) is 4.54. The summed E-state index contributed by atoms with van der Waals surface area (Å²) in [5.41, 5.74) is 0.339. The van der Waals surface area contributed by atoms with Crippen molar-refractivity contribution in [2.24, 2.45) is 0 Å². The summed E-state index contributed by atoms with van der Waals surface area (Å²) in [5, 5.41) is 15.0. The zero-order chi connectivity index (χ0) is 17.7. The molecule has 0 bridgehead atoms. The van der Waals surface area contributed by atoms with E-state index in [0.29, 0.717) is 26.7 Å². The van der Waals surface area contributed by atoms with Crippen LogP contribution in [0.4, 0.5) is 10.8 Å². The van der Waals surface area contributed by atoms with E-state index in [0.717, 1.165) is 0 Å². The SMILES string of the molecule is C=CCNc1nnc(SC(C)C(=O)Nc2c(Cl)cc(Cl)cc2Cl)s1. The minimum Gasteiger partial charge on any atom is -0.357 e. The van der Waals surface area contributed by atoms with E-state index >= 15 is 0 Å². The summed E-state index contributed by atoms with van der Waals surface area (Å²) in [5.74, 6) is -0.248. The number of rotatable bonds is 7. The lowest BCUT2D eigenvalue weighted by atomic mass is 10.3. The molecule has 1 atom stereocenters. The maximum Gasteiger partial charge on any atom is 0.237 e. The fraction of sp³-hybridized carbons (Fsp3) is 0.214. The third kappa shape index (κ3) is 5.26. The van der Waals surface area contributed by atoms with Crippen molar-refractivity contribution in [3.63, 3.8) is 0 Å². The zero-order valence-corrected chi connectivity index (χ0v) is 16.4. The monoisotopic (exact) mass is 422 g/mol. The smallest absolute Gasteiger partial charge is 0.237 e. The first-order chi connectivity index (χ1) is 11.4. The number of hydrogen-bond acceptors (Lipinski definition) is 6. The fourth-order valence-corrected chi connectivity index (χ4v) is 4.39. The van der Waals surface area contributed by atoms with Crippen molar-refractivity contribution in [2.45, 2.75) is 16.5 Å². The maximum absolute atomic E-state index is 12.3. The summed E-state index contributed by atoms with van der Waals surface area (Å²) in [6.45, 7) is 5.98. The van der Waals surface area contributed by atoms with Gasteiger partial charge in [-0.05, 0) is 19.1 Å². The van der Waals surface area contributed by atoms with Crippen molar-refractivity contribution >= 4 is 74.6 Å². The number of nitrogens with zero attached hydrogens (tertiary/aromatic N) is 2. The number of benzene rings is 1. The number of carbonyl (C=O) groups is 1. The Bertz CT molecular complexity index is 730. The summed E-state index contributed by atoms with van der Waals surface area (Å²) in [6.07, 6.45) is 1.73. The summed E-state index contributed by atoms with van der Waals surface area (Å²) in [6, 6.07) is 3.04. The van der Waals surface area contributed by atoms with Crippen LogP contribution in [0.25, 0.3) is 0 Å². The van der Waals surface area contributed by atoms with Gasteiger partial charge in [-0.25, -0.2) is 0 Å². The van der Waals surface area contributed by atoms with Crippen LogP contribution in [0.2, 0.25) is 15.1 Å². The highest BCUT2D eigenvalue weighted by Crippen LogP contribution is 2.35. The van der Waals surface area contributed by atoms with Crippen molar-refractivity contribution < 1.29 is 4.79 Å². The standard InChI is InChI=1S/C14H13Cl3N4OS2/c1-3-4-18-13-20-21-14(24-13)23-7(2)12(22)19-11-9(16)5-8(15)6-10(11)17/h3,5-7H,1,4H2,2H3,(H,18,20)(H,19,22). The molecule has 0 aliphatic carbocycles. The number of nitrogens with one attached hydrogen (secondary N) is 2. The first-order valence-electron chi connectivity index (χ1n) is 6.71. The Kier molecular flexibility index (Phi) is 7.18. The van der Waals surface area contributed by atoms with Crippen LogP contribution in [-0.4, -0.2) is 27.9 Å². The molecule has 1 aromatic heterocycles. The van der Waals surface area contributed by atoms with E-state index < -0.39 is 5.25 Å². The van der Waals surface area contributed by atoms with E-state index in [9.17, 15) is 4.79 Å². The molecule has 0 aliphatic rings. The first-order valence-corrected chi connectivity index (χ1v) is 9.54. The minimum absolute atomic E-state index is 0.248. The number of anilines is 2. The Labute approximate surface area is 162 Å². The van der Waals surface area contributed by atoms with Crippen molar-refractivity contribution in [1.29, 1.82) is 0 Å². The number of carbonyl (C=O) groups excluding carboxylic acids is 1. The summed E-state index contributed by atoms with van der Waals surface area (Å²) < 4.78 is 0.678. The molecule has 1 amide bonds. The van der Waals surface area contributed by atoms with Gasteiger partial charge < -0.3 is 10.6 Å². The molecule has 1 aromatic carbocycles. The van der Waals surface area contributed by atoms with Crippen LogP contribution in [0, 0.1) is 0 Å². The van der Waals surface area contributed by atoms with Crippen LogP contribution in [-0.2, 0) is 4.79 Å². The van der Waals surface area contributed by atoms with Gasteiger partial charge in [0, 0.05) is 11.6 Å². The molecule has 0 fully saturated rings. The third-order valence-corrected chi connectivity index (χ3v) is 5.59. The zero-order valence-electron chi connectivity index (χ0n) is 12.5. The van der Waals surface area contributed by atoms with Crippen LogP contribution in [0.1, 0.15) is 6.92 Å². The van der Waals surface area contributed by atoms with E-state index in [1.165, 1.54) is 35.2 Å². The molecule has 2 N–H and O–H groups in total. The van der Waals surface area contributed by atoms with Gasteiger partial charge in [-0.3, -0.25) is 4.79 Å². The molecule has 0 radical (unpaired) electrons. The molecular weight excluding hydrogens is 411 g/mol. The van der Waals surface area contributed by atoms with Gasteiger partial charge in [-0.15, -0.1) is 16.8 Å². The van der Waals surface area contributed by atoms with Crippen molar-refractivity contribution in [3.8, 4) is 0 Å².